The maximum absolute atomic E-state index is 12.0. The van der Waals surface area contributed by atoms with Crippen molar-refractivity contribution in [2.24, 2.45) is 11.1 Å². The molecular formula is C14H20Cl2N2O. The van der Waals surface area contributed by atoms with Crippen molar-refractivity contribution in [3.8, 4) is 0 Å². The summed E-state index contributed by atoms with van der Waals surface area (Å²) >= 11 is 11.9. The molecule has 0 aromatic heterocycles. The smallest absolute Gasteiger partial charge is 0.227 e. The van der Waals surface area contributed by atoms with Crippen molar-refractivity contribution in [2.45, 2.75) is 26.7 Å². The van der Waals surface area contributed by atoms with Crippen LogP contribution in [-0.4, -0.2) is 19.0 Å². The topological polar surface area (TPSA) is 55.1 Å². The summed E-state index contributed by atoms with van der Waals surface area (Å²) < 4.78 is 0. The number of amides is 1. The van der Waals surface area contributed by atoms with E-state index >= 15 is 0 Å². The lowest BCUT2D eigenvalue weighted by atomic mass is 9.86. The Morgan fingerprint density at radius 1 is 1.42 bits per heavy atom. The van der Waals surface area contributed by atoms with Crippen LogP contribution in [0.25, 0.3) is 0 Å². The molecule has 106 valence electrons. The Kier molecular flexibility index (Phi) is 6.11. The molecule has 0 bridgehead atoms. The van der Waals surface area contributed by atoms with Crippen molar-refractivity contribution in [3.05, 3.63) is 33.8 Å². The van der Waals surface area contributed by atoms with Crippen LogP contribution in [0.1, 0.15) is 25.8 Å². The van der Waals surface area contributed by atoms with Crippen LogP contribution in [0.4, 0.5) is 0 Å². The second kappa shape index (κ2) is 7.13. The molecule has 1 unspecified atom stereocenters. The molecule has 19 heavy (non-hydrogen) atoms. The highest BCUT2D eigenvalue weighted by molar-refractivity contribution is 6.35. The number of nitrogens with two attached hydrogens (primary N) is 1. The Morgan fingerprint density at radius 3 is 2.63 bits per heavy atom. The first kappa shape index (κ1) is 16.3. The summed E-state index contributed by atoms with van der Waals surface area (Å²) in [6.45, 7) is 4.72. The van der Waals surface area contributed by atoms with E-state index in [0.717, 1.165) is 12.0 Å². The Hall–Kier alpha value is -0.770. The van der Waals surface area contributed by atoms with Crippen LogP contribution in [0.15, 0.2) is 18.2 Å². The van der Waals surface area contributed by atoms with Crippen LogP contribution in [0.5, 0.6) is 0 Å². The summed E-state index contributed by atoms with van der Waals surface area (Å²) in [7, 11) is 0. The standard InChI is InChI=1S/C14H20Cl2N2O/c1-3-14(2,9-17)13(19)18-7-6-10-4-5-11(15)8-12(10)16/h4-5,8H,3,6-7,9,17H2,1-2H3,(H,18,19). The molecule has 0 fully saturated rings. The maximum atomic E-state index is 12.0. The van der Waals surface area contributed by atoms with Gasteiger partial charge < -0.3 is 11.1 Å². The van der Waals surface area contributed by atoms with E-state index in [4.69, 9.17) is 28.9 Å². The fourth-order valence-electron chi connectivity index (χ4n) is 1.65. The second-order valence-electron chi connectivity index (χ2n) is 4.86. The molecule has 1 aromatic rings. The first-order valence-electron chi connectivity index (χ1n) is 6.35. The van der Waals surface area contributed by atoms with Crippen LogP contribution < -0.4 is 11.1 Å². The monoisotopic (exact) mass is 302 g/mol. The molecule has 0 aliphatic rings. The van der Waals surface area contributed by atoms with E-state index in [2.05, 4.69) is 5.32 Å². The van der Waals surface area contributed by atoms with Crippen LogP contribution >= 0.6 is 23.2 Å². The molecule has 1 atom stereocenters. The quantitative estimate of drug-likeness (QED) is 0.848. The Morgan fingerprint density at radius 2 is 2.11 bits per heavy atom. The van der Waals surface area contributed by atoms with E-state index in [-0.39, 0.29) is 5.91 Å². The van der Waals surface area contributed by atoms with Crippen LogP contribution in [0.2, 0.25) is 10.0 Å². The van der Waals surface area contributed by atoms with Gasteiger partial charge in [-0.05, 0) is 37.5 Å². The molecule has 0 aliphatic heterocycles. The molecule has 5 heteroatoms. The first-order chi connectivity index (χ1) is 8.92. The molecule has 0 heterocycles. The predicted octanol–water partition coefficient (Wildman–Crippen LogP) is 3.03. The van der Waals surface area contributed by atoms with Crippen molar-refractivity contribution in [3.63, 3.8) is 0 Å². The average molecular weight is 303 g/mol. The Balaban J connectivity index is 2.52. The lowest BCUT2D eigenvalue weighted by Gasteiger charge is -2.25. The number of rotatable bonds is 6. The van der Waals surface area contributed by atoms with E-state index in [1.165, 1.54) is 0 Å². The number of hydrogen-bond acceptors (Lipinski definition) is 2. The van der Waals surface area contributed by atoms with Crippen molar-refractivity contribution in [2.75, 3.05) is 13.1 Å². The summed E-state index contributed by atoms with van der Waals surface area (Å²) in [5.74, 6) is -0.0115. The molecule has 3 nitrogen and oxygen atoms in total. The van der Waals surface area contributed by atoms with Gasteiger partial charge in [-0.25, -0.2) is 0 Å². The second-order valence-corrected chi connectivity index (χ2v) is 5.70. The number of hydrogen-bond donors (Lipinski definition) is 2. The SMILES string of the molecule is CCC(C)(CN)C(=O)NCCc1ccc(Cl)cc1Cl. The van der Waals surface area contributed by atoms with Gasteiger partial charge in [-0.15, -0.1) is 0 Å². The maximum Gasteiger partial charge on any atom is 0.227 e. The number of nitrogens with one attached hydrogen (secondary N) is 1. The third kappa shape index (κ3) is 4.37. The van der Waals surface area contributed by atoms with Gasteiger partial charge >= 0.3 is 0 Å². The molecule has 0 saturated carbocycles. The summed E-state index contributed by atoms with van der Waals surface area (Å²) in [6.07, 6.45) is 1.39. The Labute approximate surface area is 124 Å². The highest BCUT2D eigenvalue weighted by Gasteiger charge is 2.29. The average Bonchev–Trinajstić information content (AvgIpc) is 2.40. The molecule has 1 rings (SSSR count). The number of carbonyl (C=O) groups is 1. The van der Waals surface area contributed by atoms with Gasteiger partial charge in [0.2, 0.25) is 5.91 Å². The summed E-state index contributed by atoms with van der Waals surface area (Å²) in [4.78, 5) is 12.0. The fraction of sp³-hybridized carbons (Fsp3) is 0.500. The van der Waals surface area contributed by atoms with Gasteiger partial charge in [-0.2, -0.15) is 0 Å². The van der Waals surface area contributed by atoms with Gasteiger partial charge in [0.05, 0.1) is 5.41 Å². The molecule has 0 saturated heterocycles. The molecule has 1 amide bonds. The van der Waals surface area contributed by atoms with E-state index < -0.39 is 5.41 Å². The molecule has 0 radical (unpaired) electrons. The van der Waals surface area contributed by atoms with E-state index in [0.29, 0.717) is 29.6 Å². The van der Waals surface area contributed by atoms with Crippen LogP contribution in [0.3, 0.4) is 0 Å². The largest absolute Gasteiger partial charge is 0.355 e. The molecule has 0 aliphatic carbocycles. The fourth-order valence-corrected chi connectivity index (χ4v) is 2.15. The minimum Gasteiger partial charge on any atom is -0.355 e. The van der Waals surface area contributed by atoms with Gasteiger partial charge in [0, 0.05) is 23.1 Å². The van der Waals surface area contributed by atoms with E-state index in [9.17, 15) is 4.79 Å². The van der Waals surface area contributed by atoms with Crippen LogP contribution in [0, 0.1) is 5.41 Å². The minimum absolute atomic E-state index is 0.0115. The third-order valence-corrected chi connectivity index (χ3v) is 4.06. The zero-order chi connectivity index (χ0) is 14.5. The number of carbonyl (C=O) groups excluding carboxylic acids is 1. The lowest BCUT2D eigenvalue weighted by Crippen LogP contribution is -2.44. The zero-order valence-corrected chi connectivity index (χ0v) is 12.8. The summed E-state index contributed by atoms with van der Waals surface area (Å²) in [5, 5.41) is 4.14. The third-order valence-electron chi connectivity index (χ3n) is 3.47. The molecule has 3 N–H and O–H groups in total. The predicted molar refractivity (Wildman–Crippen MR) is 80.6 cm³/mol. The van der Waals surface area contributed by atoms with Crippen molar-refractivity contribution in [1.82, 2.24) is 5.32 Å². The van der Waals surface area contributed by atoms with Gasteiger partial charge in [0.1, 0.15) is 0 Å². The molecule has 1 aromatic carbocycles. The summed E-state index contributed by atoms with van der Waals surface area (Å²) in [5.41, 5.74) is 6.12. The zero-order valence-electron chi connectivity index (χ0n) is 11.3. The van der Waals surface area contributed by atoms with Crippen LogP contribution in [-0.2, 0) is 11.2 Å². The van der Waals surface area contributed by atoms with Gasteiger partial charge in [-0.3, -0.25) is 4.79 Å². The highest BCUT2D eigenvalue weighted by Crippen LogP contribution is 2.22. The molecular weight excluding hydrogens is 283 g/mol. The van der Waals surface area contributed by atoms with Gasteiger partial charge in [0.25, 0.3) is 0 Å². The van der Waals surface area contributed by atoms with E-state index in [1.54, 1.807) is 12.1 Å². The van der Waals surface area contributed by atoms with Crippen molar-refractivity contribution >= 4 is 29.1 Å². The number of benzene rings is 1. The lowest BCUT2D eigenvalue weighted by molar-refractivity contribution is -0.129. The highest BCUT2D eigenvalue weighted by atomic mass is 35.5. The van der Waals surface area contributed by atoms with Crippen molar-refractivity contribution < 1.29 is 4.79 Å². The molecule has 0 spiro atoms. The van der Waals surface area contributed by atoms with Crippen molar-refractivity contribution in [1.29, 1.82) is 0 Å². The summed E-state index contributed by atoms with van der Waals surface area (Å²) in [6, 6.07) is 5.37. The number of halogens is 2. The normalized spacial score (nSPS) is 13.9. The van der Waals surface area contributed by atoms with E-state index in [1.807, 2.05) is 19.9 Å². The first-order valence-corrected chi connectivity index (χ1v) is 7.11. The minimum atomic E-state index is -0.496. The van der Waals surface area contributed by atoms with Gasteiger partial charge in [-0.1, -0.05) is 36.2 Å². The Bertz CT molecular complexity index is 445. The van der Waals surface area contributed by atoms with Gasteiger partial charge in [0.15, 0.2) is 0 Å².